The Morgan fingerprint density at radius 1 is 1.14 bits per heavy atom. The normalized spacial score (nSPS) is 12.4. The lowest BCUT2D eigenvalue weighted by Gasteiger charge is -2.22. The minimum absolute atomic E-state index is 0.0187. The molecule has 0 saturated heterocycles. The highest BCUT2D eigenvalue weighted by Crippen LogP contribution is 2.10. The number of hydrogen-bond donors (Lipinski definition) is 1. The standard InChI is InChI=1S/C16H27NO3Si/c1-4-10-15(13-21(19-5-2)20-6-3)17-16(18)14-11-8-7-9-12-14/h7-9,11-12,15,21H,4-6,10,13H2,1-3H3,(H,17,18). The molecule has 0 heterocycles. The van der Waals surface area contributed by atoms with Crippen molar-refractivity contribution < 1.29 is 13.6 Å². The highest BCUT2D eigenvalue weighted by molar-refractivity contribution is 6.44. The zero-order valence-corrected chi connectivity index (χ0v) is 14.5. The topological polar surface area (TPSA) is 47.6 Å². The summed E-state index contributed by atoms with van der Waals surface area (Å²) in [6.07, 6.45) is 1.97. The molecule has 0 aliphatic rings. The van der Waals surface area contributed by atoms with Gasteiger partial charge in [-0.3, -0.25) is 4.79 Å². The molecule has 1 atom stereocenters. The Balaban J connectivity index is 2.61. The highest BCUT2D eigenvalue weighted by Gasteiger charge is 2.21. The van der Waals surface area contributed by atoms with Crippen LogP contribution in [0.1, 0.15) is 44.0 Å². The number of amides is 1. The predicted octanol–water partition coefficient (Wildman–Crippen LogP) is 2.88. The maximum Gasteiger partial charge on any atom is 0.323 e. The van der Waals surface area contributed by atoms with Gasteiger partial charge in [-0.25, -0.2) is 0 Å². The Labute approximate surface area is 129 Å². The van der Waals surface area contributed by atoms with Crippen molar-refractivity contribution in [2.45, 2.75) is 45.7 Å². The molecular weight excluding hydrogens is 282 g/mol. The first-order valence-electron chi connectivity index (χ1n) is 7.80. The first kappa shape index (κ1) is 17.9. The molecule has 5 heteroatoms. The minimum Gasteiger partial charge on any atom is -0.397 e. The largest absolute Gasteiger partial charge is 0.397 e. The summed E-state index contributed by atoms with van der Waals surface area (Å²) in [6, 6.07) is 10.3. The molecule has 1 N–H and O–H groups in total. The average Bonchev–Trinajstić information content (AvgIpc) is 2.49. The van der Waals surface area contributed by atoms with Gasteiger partial charge in [-0.15, -0.1) is 0 Å². The monoisotopic (exact) mass is 309 g/mol. The van der Waals surface area contributed by atoms with Crippen molar-refractivity contribution in [1.82, 2.24) is 5.32 Å². The van der Waals surface area contributed by atoms with Gasteiger partial charge in [-0.05, 0) is 32.4 Å². The third kappa shape index (κ3) is 6.88. The van der Waals surface area contributed by atoms with Crippen molar-refractivity contribution in [3.63, 3.8) is 0 Å². The summed E-state index contributed by atoms with van der Waals surface area (Å²) in [4.78, 5) is 12.2. The first-order valence-corrected chi connectivity index (χ1v) is 9.56. The molecule has 1 aromatic rings. The summed E-state index contributed by atoms with van der Waals surface area (Å²) in [5.41, 5.74) is 0.699. The second-order valence-corrected chi connectivity index (χ2v) is 6.90. The van der Waals surface area contributed by atoms with E-state index in [9.17, 15) is 4.79 Å². The van der Waals surface area contributed by atoms with Crippen LogP contribution in [0.4, 0.5) is 0 Å². The number of rotatable bonds is 10. The lowest BCUT2D eigenvalue weighted by Crippen LogP contribution is -2.39. The molecular formula is C16H27NO3Si. The van der Waals surface area contributed by atoms with E-state index in [0.717, 1.165) is 18.9 Å². The van der Waals surface area contributed by atoms with Crippen LogP contribution in [0.2, 0.25) is 6.04 Å². The number of nitrogens with one attached hydrogen (secondary N) is 1. The van der Waals surface area contributed by atoms with Gasteiger partial charge in [-0.1, -0.05) is 31.5 Å². The second-order valence-electron chi connectivity index (χ2n) is 4.90. The fourth-order valence-electron chi connectivity index (χ4n) is 2.24. The summed E-state index contributed by atoms with van der Waals surface area (Å²) < 4.78 is 11.4. The van der Waals surface area contributed by atoms with Crippen LogP contribution < -0.4 is 5.32 Å². The van der Waals surface area contributed by atoms with Gasteiger partial charge in [0.25, 0.3) is 5.91 Å². The number of carbonyl (C=O) groups is 1. The van der Waals surface area contributed by atoms with E-state index >= 15 is 0 Å². The van der Waals surface area contributed by atoms with Crippen molar-refractivity contribution in [3.8, 4) is 0 Å². The molecule has 4 nitrogen and oxygen atoms in total. The molecule has 1 rings (SSSR count). The molecule has 118 valence electrons. The number of hydrogen-bond acceptors (Lipinski definition) is 3. The van der Waals surface area contributed by atoms with Crippen LogP contribution in [0, 0.1) is 0 Å². The van der Waals surface area contributed by atoms with Gasteiger partial charge in [0, 0.05) is 30.9 Å². The van der Waals surface area contributed by atoms with Crippen LogP contribution in [0.3, 0.4) is 0 Å². The van der Waals surface area contributed by atoms with Gasteiger partial charge in [0.1, 0.15) is 0 Å². The maximum absolute atomic E-state index is 12.2. The van der Waals surface area contributed by atoms with Gasteiger partial charge in [0.15, 0.2) is 0 Å². The highest BCUT2D eigenvalue weighted by atomic mass is 28.3. The Kier molecular flexibility index (Phi) is 8.97. The molecule has 0 aliphatic carbocycles. The zero-order valence-electron chi connectivity index (χ0n) is 13.3. The second kappa shape index (κ2) is 10.5. The predicted molar refractivity (Wildman–Crippen MR) is 87.8 cm³/mol. The molecule has 0 bridgehead atoms. The summed E-state index contributed by atoms with van der Waals surface area (Å²) in [5, 5.41) is 3.12. The average molecular weight is 309 g/mol. The fraction of sp³-hybridized carbons (Fsp3) is 0.562. The Morgan fingerprint density at radius 2 is 1.76 bits per heavy atom. The van der Waals surface area contributed by atoms with Gasteiger partial charge >= 0.3 is 9.28 Å². The van der Waals surface area contributed by atoms with Crippen LogP contribution in [-0.2, 0) is 8.85 Å². The number of benzene rings is 1. The van der Waals surface area contributed by atoms with E-state index in [2.05, 4.69) is 12.2 Å². The van der Waals surface area contributed by atoms with E-state index in [4.69, 9.17) is 8.85 Å². The van der Waals surface area contributed by atoms with Crippen molar-refractivity contribution in [3.05, 3.63) is 35.9 Å². The first-order chi connectivity index (χ1) is 10.2. The third-order valence-corrected chi connectivity index (χ3v) is 5.55. The smallest absolute Gasteiger partial charge is 0.323 e. The van der Waals surface area contributed by atoms with Crippen molar-refractivity contribution in [1.29, 1.82) is 0 Å². The van der Waals surface area contributed by atoms with E-state index in [-0.39, 0.29) is 11.9 Å². The van der Waals surface area contributed by atoms with E-state index in [1.54, 1.807) is 0 Å². The van der Waals surface area contributed by atoms with Crippen LogP contribution in [0.25, 0.3) is 0 Å². The van der Waals surface area contributed by atoms with E-state index in [1.165, 1.54) is 0 Å². The van der Waals surface area contributed by atoms with Gasteiger partial charge in [0.2, 0.25) is 0 Å². The van der Waals surface area contributed by atoms with E-state index in [1.807, 2.05) is 44.2 Å². The molecule has 0 fully saturated rings. The molecule has 1 aromatic carbocycles. The molecule has 1 unspecified atom stereocenters. The maximum atomic E-state index is 12.2. The fourth-order valence-corrected chi connectivity index (χ4v) is 4.17. The van der Waals surface area contributed by atoms with Crippen LogP contribution >= 0.6 is 0 Å². The van der Waals surface area contributed by atoms with E-state index in [0.29, 0.717) is 18.8 Å². The Bertz CT molecular complexity index is 394. The van der Waals surface area contributed by atoms with Gasteiger partial charge in [-0.2, -0.15) is 0 Å². The molecule has 0 saturated carbocycles. The SMILES string of the molecule is CCCC(C[SiH](OCC)OCC)NC(=O)c1ccccc1. The van der Waals surface area contributed by atoms with Crippen LogP contribution in [-0.4, -0.2) is 34.4 Å². The molecule has 0 aromatic heterocycles. The molecule has 0 aliphatic heterocycles. The molecule has 21 heavy (non-hydrogen) atoms. The summed E-state index contributed by atoms with van der Waals surface area (Å²) >= 11 is 0. The molecule has 0 spiro atoms. The van der Waals surface area contributed by atoms with E-state index < -0.39 is 9.28 Å². The molecule has 0 radical (unpaired) electrons. The minimum atomic E-state index is -1.69. The lowest BCUT2D eigenvalue weighted by molar-refractivity contribution is 0.0936. The summed E-state index contributed by atoms with van der Waals surface area (Å²) in [7, 11) is -1.69. The summed E-state index contributed by atoms with van der Waals surface area (Å²) in [6.45, 7) is 7.43. The quantitative estimate of drug-likeness (QED) is 0.676. The van der Waals surface area contributed by atoms with Crippen molar-refractivity contribution in [2.24, 2.45) is 0 Å². The summed E-state index contributed by atoms with van der Waals surface area (Å²) in [5.74, 6) is -0.0187. The Hall–Kier alpha value is -1.17. The van der Waals surface area contributed by atoms with Gasteiger partial charge < -0.3 is 14.2 Å². The van der Waals surface area contributed by atoms with Gasteiger partial charge in [0.05, 0.1) is 0 Å². The Morgan fingerprint density at radius 3 is 2.29 bits per heavy atom. The van der Waals surface area contributed by atoms with Crippen LogP contribution in [0.5, 0.6) is 0 Å². The molecule has 1 amide bonds. The van der Waals surface area contributed by atoms with Crippen LogP contribution in [0.15, 0.2) is 30.3 Å². The third-order valence-electron chi connectivity index (χ3n) is 3.19. The lowest BCUT2D eigenvalue weighted by atomic mass is 10.1. The zero-order chi connectivity index (χ0) is 15.5. The van der Waals surface area contributed by atoms with Crippen molar-refractivity contribution >= 4 is 15.2 Å². The number of carbonyl (C=O) groups excluding carboxylic acids is 1. The van der Waals surface area contributed by atoms with Crippen molar-refractivity contribution in [2.75, 3.05) is 13.2 Å².